The van der Waals surface area contributed by atoms with E-state index >= 15 is 0 Å². The number of aromatic nitrogens is 1. The van der Waals surface area contributed by atoms with Crippen LogP contribution in [0.3, 0.4) is 0 Å². The molecule has 0 N–H and O–H groups in total. The summed E-state index contributed by atoms with van der Waals surface area (Å²) in [6.07, 6.45) is 2.06. The smallest absolute Gasteiger partial charge is 0.341 e. The maximum absolute atomic E-state index is 11.1. The highest BCUT2D eigenvalue weighted by molar-refractivity contribution is 6.36. The minimum atomic E-state index is -0.630. The van der Waals surface area contributed by atoms with Crippen molar-refractivity contribution in [1.82, 2.24) is 0 Å². The first kappa shape index (κ1) is 12.6. The van der Waals surface area contributed by atoms with Gasteiger partial charge in [0, 0.05) is 16.7 Å². The Labute approximate surface area is 112 Å². The Morgan fingerprint density at radius 1 is 1.17 bits per heavy atom. The molecule has 0 amide bonds. The molecule has 0 saturated heterocycles. The summed E-state index contributed by atoms with van der Waals surface area (Å²) >= 11 is 11.7. The van der Waals surface area contributed by atoms with Gasteiger partial charge in [-0.25, -0.2) is 0 Å². The number of hydrogen-bond acceptors (Lipinski definition) is 3. The van der Waals surface area contributed by atoms with Gasteiger partial charge in [-0.3, -0.25) is 10.1 Å². The lowest BCUT2D eigenvalue weighted by Gasteiger charge is -2.05. The van der Waals surface area contributed by atoms with Crippen molar-refractivity contribution in [3.63, 3.8) is 0 Å². The predicted molar refractivity (Wildman–Crippen MR) is 67.5 cm³/mol. The summed E-state index contributed by atoms with van der Waals surface area (Å²) in [5.74, 6) is 0. The molecule has 0 saturated carbocycles. The van der Waals surface area contributed by atoms with Gasteiger partial charge in [0.1, 0.15) is 0 Å². The van der Waals surface area contributed by atoms with Gasteiger partial charge in [-0.2, -0.15) is 4.73 Å². The first-order chi connectivity index (χ1) is 8.49. The zero-order valence-electron chi connectivity index (χ0n) is 8.84. The van der Waals surface area contributed by atoms with E-state index in [0.717, 1.165) is 6.20 Å². The maximum atomic E-state index is 11.1. The van der Waals surface area contributed by atoms with Crippen molar-refractivity contribution < 1.29 is 9.65 Å². The van der Waals surface area contributed by atoms with E-state index in [1.54, 1.807) is 12.1 Å². The molecule has 0 atom stereocenters. The highest BCUT2D eigenvalue weighted by atomic mass is 35.5. The summed E-state index contributed by atoms with van der Waals surface area (Å²) in [6.45, 7) is 0. The lowest BCUT2D eigenvalue weighted by molar-refractivity contribution is -0.609. The van der Waals surface area contributed by atoms with E-state index in [4.69, 9.17) is 23.2 Å². The number of nitrogens with zero attached hydrogens (tertiary/aromatic N) is 2. The average molecular weight is 285 g/mol. The molecule has 18 heavy (non-hydrogen) atoms. The molecule has 1 heterocycles. The van der Waals surface area contributed by atoms with Crippen LogP contribution in [0.25, 0.3) is 11.1 Å². The summed E-state index contributed by atoms with van der Waals surface area (Å²) in [5.41, 5.74) is 0.416. The summed E-state index contributed by atoms with van der Waals surface area (Å²) < 4.78 is 0.367. The molecular weight excluding hydrogens is 279 g/mol. The van der Waals surface area contributed by atoms with E-state index in [1.807, 2.05) is 0 Å². The molecule has 0 aliphatic carbocycles. The molecule has 0 radical (unpaired) electrons. The normalized spacial score (nSPS) is 10.3. The van der Waals surface area contributed by atoms with Gasteiger partial charge < -0.3 is 5.21 Å². The fourth-order valence-corrected chi connectivity index (χ4v) is 2.06. The molecule has 92 valence electrons. The highest BCUT2D eigenvalue weighted by Crippen LogP contribution is 2.34. The lowest BCUT2D eigenvalue weighted by Crippen LogP contribution is -2.24. The molecule has 0 aliphatic rings. The maximum Gasteiger partial charge on any atom is 0.341 e. The fraction of sp³-hybridized carbons (Fsp3) is 0. The summed E-state index contributed by atoms with van der Waals surface area (Å²) in [7, 11) is 0. The first-order valence-corrected chi connectivity index (χ1v) is 5.57. The van der Waals surface area contributed by atoms with Crippen molar-refractivity contribution >= 4 is 28.9 Å². The van der Waals surface area contributed by atoms with Gasteiger partial charge in [-0.05, 0) is 12.1 Å². The number of nitro groups is 1. The van der Waals surface area contributed by atoms with Gasteiger partial charge in [0.15, 0.2) is 6.20 Å². The first-order valence-electron chi connectivity index (χ1n) is 4.81. The Kier molecular flexibility index (Phi) is 3.36. The Morgan fingerprint density at radius 3 is 2.50 bits per heavy atom. The van der Waals surface area contributed by atoms with Crippen LogP contribution in [-0.4, -0.2) is 4.92 Å². The van der Waals surface area contributed by atoms with Gasteiger partial charge in [0.2, 0.25) is 0 Å². The molecule has 0 spiro atoms. The van der Waals surface area contributed by atoms with Crippen molar-refractivity contribution in [2.45, 2.75) is 0 Å². The molecule has 5 nitrogen and oxygen atoms in total. The van der Waals surface area contributed by atoms with Gasteiger partial charge in [-0.1, -0.05) is 29.3 Å². The van der Waals surface area contributed by atoms with E-state index < -0.39 is 4.92 Å². The Morgan fingerprint density at radius 2 is 1.89 bits per heavy atom. The molecular formula is C11H6Cl2N2O3. The van der Waals surface area contributed by atoms with Crippen LogP contribution in [0.4, 0.5) is 5.69 Å². The van der Waals surface area contributed by atoms with E-state index in [-0.39, 0.29) is 16.3 Å². The third-order valence-electron chi connectivity index (χ3n) is 2.33. The number of hydrogen-bond donors (Lipinski definition) is 0. The fourth-order valence-electron chi connectivity index (χ4n) is 1.55. The number of benzene rings is 1. The van der Waals surface area contributed by atoms with Crippen LogP contribution in [0.2, 0.25) is 10.0 Å². The van der Waals surface area contributed by atoms with Gasteiger partial charge in [0.25, 0.3) is 6.20 Å². The second-order valence-electron chi connectivity index (χ2n) is 3.48. The van der Waals surface area contributed by atoms with E-state index in [9.17, 15) is 15.3 Å². The van der Waals surface area contributed by atoms with Crippen LogP contribution < -0.4 is 4.73 Å². The SMILES string of the molecule is O=[N+]([O-])c1c[n+]([O-])ccc1-c1ccc(Cl)cc1Cl. The molecule has 0 aliphatic heterocycles. The Bertz CT molecular complexity index is 632. The molecule has 2 aromatic rings. The van der Waals surface area contributed by atoms with Crippen molar-refractivity contribution in [3.05, 3.63) is 62.0 Å². The summed E-state index contributed by atoms with van der Waals surface area (Å²) in [4.78, 5) is 10.3. The van der Waals surface area contributed by atoms with Crippen molar-refractivity contribution in [2.24, 2.45) is 0 Å². The van der Waals surface area contributed by atoms with Crippen LogP contribution in [0.15, 0.2) is 36.7 Å². The zero-order chi connectivity index (χ0) is 13.3. The Balaban J connectivity index is 2.67. The summed E-state index contributed by atoms with van der Waals surface area (Å²) in [5, 5.41) is 22.7. The van der Waals surface area contributed by atoms with Crippen molar-refractivity contribution in [3.8, 4) is 11.1 Å². The van der Waals surface area contributed by atoms with Gasteiger partial charge in [-0.15, -0.1) is 0 Å². The van der Waals surface area contributed by atoms with Gasteiger partial charge in [0.05, 0.1) is 15.5 Å². The molecule has 2 rings (SSSR count). The molecule has 1 aromatic carbocycles. The van der Waals surface area contributed by atoms with Crippen LogP contribution in [0, 0.1) is 15.3 Å². The van der Waals surface area contributed by atoms with Crippen molar-refractivity contribution in [2.75, 3.05) is 0 Å². The molecule has 7 heteroatoms. The van der Waals surface area contributed by atoms with Crippen molar-refractivity contribution in [1.29, 1.82) is 0 Å². The molecule has 0 bridgehead atoms. The zero-order valence-corrected chi connectivity index (χ0v) is 10.4. The van der Waals surface area contributed by atoms with Crippen LogP contribution >= 0.6 is 23.2 Å². The average Bonchev–Trinajstić information content (AvgIpc) is 2.29. The number of halogens is 2. The molecule has 1 aromatic heterocycles. The quantitative estimate of drug-likeness (QED) is 0.368. The minimum Gasteiger partial charge on any atom is -0.619 e. The van der Waals surface area contributed by atoms with Crippen LogP contribution in [0.1, 0.15) is 0 Å². The van der Waals surface area contributed by atoms with E-state index in [2.05, 4.69) is 0 Å². The standard InChI is InChI=1S/C11H6Cl2N2O3/c12-7-1-2-8(10(13)5-7)9-3-4-14(16)6-11(9)15(17)18/h1-6H. The Hall–Kier alpha value is -1.85. The highest BCUT2D eigenvalue weighted by Gasteiger charge is 2.21. The van der Waals surface area contributed by atoms with E-state index in [0.29, 0.717) is 15.3 Å². The lowest BCUT2D eigenvalue weighted by atomic mass is 10.1. The second kappa shape index (κ2) is 4.80. The number of pyridine rings is 1. The summed E-state index contributed by atoms with van der Waals surface area (Å²) in [6, 6.07) is 5.98. The monoisotopic (exact) mass is 284 g/mol. The van der Waals surface area contributed by atoms with Crippen LogP contribution in [-0.2, 0) is 0 Å². The second-order valence-corrected chi connectivity index (χ2v) is 4.33. The molecule has 0 unspecified atom stereocenters. The third kappa shape index (κ3) is 2.37. The third-order valence-corrected chi connectivity index (χ3v) is 2.88. The van der Waals surface area contributed by atoms with E-state index in [1.165, 1.54) is 18.3 Å². The minimum absolute atomic E-state index is 0.272. The predicted octanol–water partition coefficient (Wildman–Crippen LogP) is 3.20. The number of rotatable bonds is 2. The van der Waals surface area contributed by atoms with Gasteiger partial charge >= 0.3 is 5.69 Å². The molecule has 0 fully saturated rings. The van der Waals surface area contributed by atoms with Crippen LogP contribution in [0.5, 0.6) is 0 Å². The topological polar surface area (TPSA) is 70.1 Å². The largest absolute Gasteiger partial charge is 0.619 e.